The van der Waals surface area contributed by atoms with Crippen molar-refractivity contribution in [1.29, 1.82) is 0 Å². The molecule has 0 saturated carbocycles. The van der Waals surface area contributed by atoms with Crippen molar-refractivity contribution in [3.05, 3.63) is 64.8 Å². The molecule has 29 heavy (non-hydrogen) atoms. The van der Waals surface area contributed by atoms with Gasteiger partial charge in [-0.3, -0.25) is 4.79 Å². The van der Waals surface area contributed by atoms with Crippen LogP contribution in [0.5, 0.6) is 0 Å². The maximum Gasteiger partial charge on any atom is 0.264 e. The molecule has 2 unspecified atom stereocenters. The molecule has 4 nitrogen and oxygen atoms in total. The summed E-state index contributed by atoms with van der Waals surface area (Å²) < 4.78 is 13.3. The van der Waals surface area contributed by atoms with Crippen molar-refractivity contribution in [2.75, 3.05) is 35.2 Å². The van der Waals surface area contributed by atoms with Gasteiger partial charge < -0.3 is 15.1 Å². The van der Waals surface area contributed by atoms with Gasteiger partial charge in [0.2, 0.25) is 0 Å². The Bertz CT molecular complexity index is 905. The number of carbonyl (C=O) groups is 1. The molecular weight excluding hydrogens is 385 g/mol. The number of halogens is 1. The van der Waals surface area contributed by atoms with Gasteiger partial charge in [0.25, 0.3) is 5.91 Å². The van der Waals surface area contributed by atoms with Gasteiger partial charge in [0.15, 0.2) is 0 Å². The second-order valence-electron chi connectivity index (χ2n) is 7.72. The predicted molar refractivity (Wildman–Crippen MR) is 120 cm³/mol. The molecule has 1 N–H and O–H groups in total. The average Bonchev–Trinajstić information content (AvgIpc) is 2.70. The first kappa shape index (κ1) is 20.0. The van der Waals surface area contributed by atoms with Gasteiger partial charge in [-0.25, -0.2) is 4.39 Å². The van der Waals surface area contributed by atoms with E-state index in [1.54, 1.807) is 28.8 Å². The fourth-order valence-electron chi connectivity index (χ4n) is 4.08. The fourth-order valence-corrected chi connectivity index (χ4v) is 5.01. The topological polar surface area (TPSA) is 35.6 Å². The molecule has 0 radical (unpaired) electrons. The van der Waals surface area contributed by atoms with Gasteiger partial charge in [-0.05, 0) is 55.8 Å². The van der Waals surface area contributed by atoms with E-state index in [1.807, 2.05) is 12.1 Å². The Morgan fingerprint density at radius 3 is 2.48 bits per heavy atom. The number of benzene rings is 2. The van der Waals surface area contributed by atoms with Crippen molar-refractivity contribution >= 4 is 35.1 Å². The van der Waals surface area contributed by atoms with E-state index in [0.29, 0.717) is 18.6 Å². The SMILES string of the molecule is CC1CN(c2ccccc2/C=C2\SCCN(c3ccc(F)cc3)C2=O)CC(C)N1. The minimum absolute atomic E-state index is 0.0234. The molecule has 6 heteroatoms. The third-order valence-electron chi connectivity index (χ3n) is 5.29. The molecule has 2 aliphatic heterocycles. The van der Waals surface area contributed by atoms with E-state index >= 15 is 0 Å². The van der Waals surface area contributed by atoms with Crippen LogP contribution in [-0.4, -0.2) is 43.4 Å². The molecular formula is C23H26FN3OS. The van der Waals surface area contributed by atoms with Gasteiger partial charge in [-0.15, -0.1) is 11.8 Å². The van der Waals surface area contributed by atoms with Crippen molar-refractivity contribution in [2.45, 2.75) is 25.9 Å². The van der Waals surface area contributed by atoms with Gasteiger partial charge in [0.05, 0.1) is 4.91 Å². The maximum atomic E-state index is 13.3. The standard InChI is InChI=1S/C23H26FN3OS/c1-16-14-26(15-17(2)25-16)21-6-4-3-5-18(21)13-22-23(28)27(11-12-29-22)20-9-7-19(24)8-10-20/h3-10,13,16-17,25H,11-12,14-15H2,1-2H3/b22-13-. The molecule has 0 bridgehead atoms. The molecule has 0 aliphatic carbocycles. The summed E-state index contributed by atoms with van der Waals surface area (Å²) in [5.74, 6) is 0.500. The smallest absolute Gasteiger partial charge is 0.264 e. The molecule has 2 atom stereocenters. The summed E-state index contributed by atoms with van der Waals surface area (Å²) >= 11 is 1.59. The van der Waals surface area contributed by atoms with Gasteiger partial charge in [0, 0.05) is 48.8 Å². The number of rotatable bonds is 3. The van der Waals surface area contributed by atoms with Crippen molar-refractivity contribution < 1.29 is 9.18 Å². The maximum absolute atomic E-state index is 13.3. The Labute approximate surface area is 175 Å². The quantitative estimate of drug-likeness (QED) is 0.771. The molecule has 1 amide bonds. The second kappa shape index (κ2) is 8.59. The lowest BCUT2D eigenvalue weighted by Crippen LogP contribution is -2.54. The molecule has 0 aromatic heterocycles. The van der Waals surface area contributed by atoms with E-state index in [0.717, 1.165) is 40.7 Å². The number of hydrogen-bond acceptors (Lipinski definition) is 4. The highest BCUT2D eigenvalue weighted by atomic mass is 32.2. The Morgan fingerprint density at radius 1 is 1.07 bits per heavy atom. The number of nitrogens with one attached hydrogen (secondary N) is 1. The minimum Gasteiger partial charge on any atom is -0.368 e. The third kappa shape index (κ3) is 4.49. The number of piperazine rings is 1. The van der Waals surface area contributed by atoms with Crippen molar-refractivity contribution in [2.24, 2.45) is 0 Å². The largest absolute Gasteiger partial charge is 0.368 e. The zero-order valence-electron chi connectivity index (χ0n) is 16.8. The summed E-state index contributed by atoms with van der Waals surface area (Å²) in [7, 11) is 0. The van der Waals surface area contributed by atoms with Crippen molar-refractivity contribution in [1.82, 2.24) is 5.32 Å². The number of thioether (sulfide) groups is 1. The molecule has 2 aromatic carbocycles. The van der Waals surface area contributed by atoms with E-state index in [1.165, 1.54) is 12.1 Å². The normalized spacial score (nSPS) is 24.2. The summed E-state index contributed by atoms with van der Waals surface area (Å²) in [6.45, 7) is 6.90. The average molecular weight is 412 g/mol. The lowest BCUT2D eigenvalue weighted by Gasteiger charge is -2.38. The van der Waals surface area contributed by atoms with Crippen LogP contribution < -0.4 is 15.1 Å². The fraction of sp³-hybridized carbons (Fsp3) is 0.348. The monoisotopic (exact) mass is 411 g/mol. The van der Waals surface area contributed by atoms with E-state index in [9.17, 15) is 9.18 Å². The molecule has 0 spiro atoms. The minimum atomic E-state index is -0.295. The first-order valence-electron chi connectivity index (χ1n) is 10.0. The van der Waals surface area contributed by atoms with E-state index in [4.69, 9.17) is 0 Å². The summed E-state index contributed by atoms with van der Waals surface area (Å²) in [5, 5.41) is 3.57. The molecule has 2 aliphatic rings. The van der Waals surface area contributed by atoms with Crippen LogP contribution in [0.2, 0.25) is 0 Å². The van der Waals surface area contributed by atoms with Crippen LogP contribution in [0.4, 0.5) is 15.8 Å². The number of anilines is 2. The number of hydrogen-bond donors (Lipinski definition) is 1. The van der Waals surface area contributed by atoms with Crippen molar-refractivity contribution in [3.63, 3.8) is 0 Å². The summed E-state index contributed by atoms with van der Waals surface area (Å²) in [6, 6.07) is 15.2. The van der Waals surface area contributed by atoms with Gasteiger partial charge in [0.1, 0.15) is 5.82 Å². The molecule has 2 heterocycles. The van der Waals surface area contributed by atoms with Gasteiger partial charge in [-0.1, -0.05) is 18.2 Å². The van der Waals surface area contributed by atoms with Gasteiger partial charge >= 0.3 is 0 Å². The Kier molecular flexibility index (Phi) is 5.92. The van der Waals surface area contributed by atoms with Crippen LogP contribution in [0.3, 0.4) is 0 Å². The zero-order valence-corrected chi connectivity index (χ0v) is 17.6. The molecule has 2 fully saturated rings. The van der Waals surface area contributed by atoms with Crippen molar-refractivity contribution in [3.8, 4) is 0 Å². The van der Waals surface area contributed by atoms with Crippen LogP contribution >= 0.6 is 11.8 Å². The highest BCUT2D eigenvalue weighted by molar-refractivity contribution is 8.04. The third-order valence-corrected chi connectivity index (χ3v) is 6.28. The van der Waals surface area contributed by atoms with E-state index < -0.39 is 0 Å². The zero-order chi connectivity index (χ0) is 20.4. The molecule has 2 aromatic rings. The number of nitrogens with zero attached hydrogens (tertiary/aromatic N) is 2. The first-order chi connectivity index (χ1) is 14.0. The lowest BCUT2D eigenvalue weighted by molar-refractivity contribution is -0.114. The summed E-state index contributed by atoms with van der Waals surface area (Å²) in [4.78, 5) is 18.0. The second-order valence-corrected chi connectivity index (χ2v) is 8.86. The van der Waals surface area contributed by atoms with E-state index in [-0.39, 0.29) is 11.7 Å². The highest BCUT2D eigenvalue weighted by Gasteiger charge is 2.27. The van der Waals surface area contributed by atoms with Crippen LogP contribution in [0.25, 0.3) is 6.08 Å². The predicted octanol–water partition coefficient (Wildman–Crippen LogP) is 4.13. The Hall–Kier alpha value is -2.31. The van der Waals surface area contributed by atoms with Crippen LogP contribution in [0, 0.1) is 5.82 Å². The number of carbonyl (C=O) groups excluding carboxylic acids is 1. The molecule has 2 saturated heterocycles. The Morgan fingerprint density at radius 2 is 1.76 bits per heavy atom. The van der Waals surface area contributed by atoms with Crippen LogP contribution in [-0.2, 0) is 4.79 Å². The van der Waals surface area contributed by atoms with Crippen LogP contribution in [0.1, 0.15) is 19.4 Å². The highest BCUT2D eigenvalue weighted by Crippen LogP contribution is 2.32. The van der Waals surface area contributed by atoms with Crippen LogP contribution in [0.15, 0.2) is 53.4 Å². The first-order valence-corrected chi connectivity index (χ1v) is 11.0. The molecule has 152 valence electrons. The Balaban J connectivity index is 1.62. The molecule has 4 rings (SSSR count). The van der Waals surface area contributed by atoms with Gasteiger partial charge in [-0.2, -0.15) is 0 Å². The summed E-state index contributed by atoms with van der Waals surface area (Å²) in [6.07, 6.45) is 2.01. The number of para-hydroxylation sites is 1. The summed E-state index contributed by atoms with van der Waals surface area (Å²) in [5.41, 5.74) is 2.96. The lowest BCUT2D eigenvalue weighted by atomic mass is 10.1. The van der Waals surface area contributed by atoms with E-state index in [2.05, 4.69) is 42.3 Å². The number of amides is 1.